The molecule has 2 heterocycles. The van der Waals surface area contributed by atoms with E-state index in [-0.39, 0.29) is 17.9 Å². The highest BCUT2D eigenvalue weighted by molar-refractivity contribution is 5.97. The molecule has 2 N–H and O–H groups in total. The van der Waals surface area contributed by atoms with Gasteiger partial charge in [0.1, 0.15) is 17.6 Å². The van der Waals surface area contributed by atoms with Gasteiger partial charge in [-0.05, 0) is 74.3 Å². The maximum absolute atomic E-state index is 14.1. The normalized spacial score (nSPS) is 15.8. The SMILES string of the molecule is CCN(CC)CCCN(C(=O)c1ccc(-c2ccccc2)[nH]1)C(C(=O)NCC1CCCO1)c1ccc(F)cc1. The van der Waals surface area contributed by atoms with E-state index in [0.717, 1.165) is 43.7 Å². The minimum atomic E-state index is -0.917. The van der Waals surface area contributed by atoms with Crippen LogP contribution in [0.4, 0.5) is 4.39 Å². The molecule has 0 bridgehead atoms. The first-order valence-electron chi connectivity index (χ1n) is 13.9. The number of aromatic amines is 1. The predicted molar refractivity (Wildman–Crippen MR) is 151 cm³/mol. The molecule has 2 amide bonds. The molecule has 4 rings (SSSR count). The molecule has 1 aliphatic heterocycles. The number of hydrogen-bond donors (Lipinski definition) is 2. The van der Waals surface area contributed by atoms with E-state index >= 15 is 0 Å². The number of nitrogens with zero attached hydrogens (tertiary/aromatic N) is 2. The number of rotatable bonds is 13. The van der Waals surface area contributed by atoms with Crippen molar-refractivity contribution in [3.8, 4) is 11.3 Å². The number of carbonyl (C=O) groups excluding carboxylic acids is 2. The zero-order chi connectivity index (χ0) is 27.6. The largest absolute Gasteiger partial charge is 0.376 e. The molecule has 0 saturated carbocycles. The molecule has 7 nitrogen and oxygen atoms in total. The van der Waals surface area contributed by atoms with Gasteiger partial charge in [0.25, 0.3) is 5.91 Å². The molecular formula is C31H39FN4O3. The Bertz CT molecular complexity index is 1190. The number of benzene rings is 2. The summed E-state index contributed by atoms with van der Waals surface area (Å²) < 4.78 is 19.5. The van der Waals surface area contributed by atoms with E-state index < -0.39 is 11.9 Å². The highest BCUT2D eigenvalue weighted by atomic mass is 19.1. The topological polar surface area (TPSA) is 77.7 Å². The Kier molecular flexibility index (Phi) is 10.3. The Morgan fingerprint density at radius 2 is 1.77 bits per heavy atom. The highest BCUT2D eigenvalue weighted by Gasteiger charge is 2.33. The maximum atomic E-state index is 14.1. The van der Waals surface area contributed by atoms with E-state index in [1.165, 1.54) is 12.1 Å². The van der Waals surface area contributed by atoms with Crippen molar-refractivity contribution in [3.63, 3.8) is 0 Å². The summed E-state index contributed by atoms with van der Waals surface area (Å²) in [7, 11) is 0. The van der Waals surface area contributed by atoms with Crippen LogP contribution in [0.1, 0.15) is 55.2 Å². The summed E-state index contributed by atoms with van der Waals surface area (Å²) in [6, 6.07) is 18.3. The molecule has 1 fully saturated rings. The van der Waals surface area contributed by atoms with E-state index in [4.69, 9.17) is 4.74 Å². The molecule has 3 aromatic rings. The van der Waals surface area contributed by atoms with Gasteiger partial charge in [0, 0.05) is 25.4 Å². The fourth-order valence-electron chi connectivity index (χ4n) is 5.05. The fraction of sp³-hybridized carbons (Fsp3) is 0.419. The summed E-state index contributed by atoms with van der Waals surface area (Å²) in [5, 5.41) is 3.01. The van der Waals surface area contributed by atoms with Gasteiger partial charge in [0.05, 0.1) is 6.10 Å². The zero-order valence-electron chi connectivity index (χ0n) is 22.9. The van der Waals surface area contributed by atoms with Crippen LogP contribution in [0, 0.1) is 5.82 Å². The lowest BCUT2D eigenvalue weighted by molar-refractivity contribution is -0.126. The average Bonchev–Trinajstić information content (AvgIpc) is 3.67. The minimum absolute atomic E-state index is 0.0357. The van der Waals surface area contributed by atoms with E-state index in [2.05, 4.69) is 29.0 Å². The van der Waals surface area contributed by atoms with Crippen LogP contribution < -0.4 is 5.32 Å². The second-order valence-electron chi connectivity index (χ2n) is 9.86. The lowest BCUT2D eigenvalue weighted by Gasteiger charge is -2.32. The fourth-order valence-corrected chi connectivity index (χ4v) is 5.05. The van der Waals surface area contributed by atoms with Crippen molar-refractivity contribution in [2.24, 2.45) is 0 Å². The zero-order valence-corrected chi connectivity index (χ0v) is 22.9. The maximum Gasteiger partial charge on any atom is 0.271 e. The quantitative estimate of drug-likeness (QED) is 0.322. The van der Waals surface area contributed by atoms with Gasteiger partial charge in [-0.1, -0.05) is 56.3 Å². The Morgan fingerprint density at radius 1 is 1.03 bits per heavy atom. The van der Waals surface area contributed by atoms with Gasteiger partial charge in [0.15, 0.2) is 0 Å². The average molecular weight is 535 g/mol. The van der Waals surface area contributed by atoms with Crippen molar-refractivity contribution in [2.45, 2.75) is 45.3 Å². The number of amides is 2. The van der Waals surface area contributed by atoms with Gasteiger partial charge >= 0.3 is 0 Å². The number of aromatic nitrogens is 1. The predicted octanol–water partition coefficient (Wildman–Crippen LogP) is 5.03. The molecule has 39 heavy (non-hydrogen) atoms. The Labute approximate surface area is 230 Å². The van der Waals surface area contributed by atoms with Crippen LogP contribution in [-0.4, -0.2) is 72.0 Å². The number of halogens is 1. The van der Waals surface area contributed by atoms with Gasteiger partial charge in [0.2, 0.25) is 5.91 Å². The van der Waals surface area contributed by atoms with Crippen LogP contribution >= 0.6 is 0 Å². The minimum Gasteiger partial charge on any atom is -0.376 e. The van der Waals surface area contributed by atoms with Crippen molar-refractivity contribution in [3.05, 3.63) is 83.8 Å². The molecule has 2 aromatic carbocycles. The van der Waals surface area contributed by atoms with E-state index in [1.54, 1.807) is 23.1 Å². The second-order valence-corrected chi connectivity index (χ2v) is 9.86. The van der Waals surface area contributed by atoms with Crippen molar-refractivity contribution in [1.29, 1.82) is 0 Å². The van der Waals surface area contributed by atoms with Crippen LogP contribution in [-0.2, 0) is 9.53 Å². The monoisotopic (exact) mass is 534 g/mol. The first-order chi connectivity index (χ1) is 19.0. The number of carbonyl (C=O) groups is 2. The summed E-state index contributed by atoms with van der Waals surface area (Å²) in [5.41, 5.74) is 2.75. The lowest BCUT2D eigenvalue weighted by atomic mass is 10.0. The summed E-state index contributed by atoms with van der Waals surface area (Å²) in [6.45, 7) is 8.25. The van der Waals surface area contributed by atoms with Gasteiger partial charge in [-0.15, -0.1) is 0 Å². The van der Waals surface area contributed by atoms with Gasteiger partial charge < -0.3 is 24.8 Å². The Hall–Kier alpha value is -3.49. The van der Waals surface area contributed by atoms with Crippen LogP contribution in [0.25, 0.3) is 11.3 Å². The Balaban J connectivity index is 1.64. The molecule has 0 spiro atoms. The van der Waals surface area contributed by atoms with Crippen LogP contribution in [0.5, 0.6) is 0 Å². The standard InChI is InChI=1S/C31H39FN4O3/c1-3-35(4-2)19-9-20-36(31(38)28-18-17-27(34-28)23-10-6-5-7-11-23)29(24-13-15-25(32)16-14-24)30(37)33-22-26-12-8-21-39-26/h5-7,10-11,13-18,26,29,34H,3-4,8-9,12,19-22H2,1-2H3,(H,33,37). The summed E-state index contributed by atoms with van der Waals surface area (Å²) >= 11 is 0. The van der Waals surface area contributed by atoms with Crippen LogP contribution in [0.3, 0.4) is 0 Å². The van der Waals surface area contributed by atoms with Gasteiger partial charge in [-0.3, -0.25) is 9.59 Å². The van der Waals surface area contributed by atoms with Crippen LogP contribution in [0.2, 0.25) is 0 Å². The third-order valence-electron chi connectivity index (χ3n) is 7.30. The molecular weight excluding hydrogens is 495 g/mol. The van der Waals surface area contributed by atoms with Gasteiger partial charge in [-0.25, -0.2) is 4.39 Å². The summed E-state index contributed by atoms with van der Waals surface area (Å²) in [5.74, 6) is -0.977. The van der Waals surface area contributed by atoms with E-state index in [9.17, 15) is 14.0 Å². The van der Waals surface area contributed by atoms with E-state index in [0.29, 0.717) is 37.4 Å². The first kappa shape index (κ1) is 28.5. The number of H-pyrrole nitrogens is 1. The number of ether oxygens (including phenoxy) is 1. The second kappa shape index (κ2) is 14.1. The summed E-state index contributed by atoms with van der Waals surface area (Å²) in [4.78, 5) is 34.9. The molecule has 0 radical (unpaired) electrons. The Morgan fingerprint density at radius 3 is 2.44 bits per heavy atom. The van der Waals surface area contributed by atoms with E-state index in [1.807, 2.05) is 36.4 Å². The molecule has 1 aliphatic rings. The number of nitrogens with one attached hydrogen (secondary N) is 2. The van der Waals surface area contributed by atoms with Crippen molar-refractivity contribution in [2.75, 3.05) is 39.3 Å². The third-order valence-corrected chi connectivity index (χ3v) is 7.30. The molecule has 8 heteroatoms. The first-order valence-corrected chi connectivity index (χ1v) is 13.9. The molecule has 2 unspecified atom stereocenters. The molecule has 208 valence electrons. The van der Waals surface area contributed by atoms with Crippen molar-refractivity contribution in [1.82, 2.24) is 20.1 Å². The molecule has 0 aliphatic carbocycles. The lowest BCUT2D eigenvalue weighted by Crippen LogP contribution is -2.46. The smallest absolute Gasteiger partial charge is 0.271 e. The van der Waals surface area contributed by atoms with Crippen molar-refractivity contribution < 1.29 is 18.7 Å². The molecule has 1 aromatic heterocycles. The molecule has 2 atom stereocenters. The molecule has 1 saturated heterocycles. The third kappa shape index (κ3) is 7.55. The van der Waals surface area contributed by atoms with Gasteiger partial charge in [-0.2, -0.15) is 0 Å². The highest BCUT2D eigenvalue weighted by Crippen LogP contribution is 2.26. The van der Waals surface area contributed by atoms with Crippen LogP contribution in [0.15, 0.2) is 66.7 Å². The van der Waals surface area contributed by atoms with Crippen molar-refractivity contribution >= 4 is 11.8 Å². The summed E-state index contributed by atoms with van der Waals surface area (Å²) in [6.07, 6.45) is 2.51. The number of hydrogen-bond acceptors (Lipinski definition) is 4.